The van der Waals surface area contributed by atoms with Crippen LogP contribution in [-0.4, -0.2) is 29.1 Å². The highest BCUT2D eigenvalue weighted by Crippen LogP contribution is 2.29. The number of nitrogens with one attached hydrogen (secondary N) is 1. The van der Waals surface area contributed by atoms with Gasteiger partial charge in [-0.05, 0) is 51.3 Å². The van der Waals surface area contributed by atoms with Gasteiger partial charge >= 0.3 is 11.6 Å². The highest BCUT2D eigenvalue weighted by Gasteiger charge is 2.27. The van der Waals surface area contributed by atoms with Crippen LogP contribution in [0.1, 0.15) is 37.5 Å². The van der Waals surface area contributed by atoms with Gasteiger partial charge in [-0.3, -0.25) is 4.79 Å². The van der Waals surface area contributed by atoms with Crippen molar-refractivity contribution in [2.75, 3.05) is 0 Å². The zero-order valence-corrected chi connectivity index (χ0v) is 16.4. The minimum Gasteiger partial charge on any atom is -0.480 e. The topological polar surface area (TPSA) is 106 Å². The van der Waals surface area contributed by atoms with Gasteiger partial charge in [0.25, 0.3) is 5.91 Å². The highest BCUT2D eigenvalue weighted by atomic mass is 16.5. The van der Waals surface area contributed by atoms with Crippen molar-refractivity contribution in [3.63, 3.8) is 0 Å². The van der Waals surface area contributed by atoms with E-state index in [2.05, 4.69) is 5.32 Å². The maximum absolute atomic E-state index is 12.3. The Balaban J connectivity index is 2.29. The van der Waals surface area contributed by atoms with Crippen LogP contribution in [0.15, 0.2) is 21.3 Å². The van der Waals surface area contributed by atoms with Crippen molar-refractivity contribution in [1.29, 1.82) is 0 Å². The number of amides is 1. The second-order valence-electron chi connectivity index (χ2n) is 7.03. The van der Waals surface area contributed by atoms with Crippen molar-refractivity contribution < 1.29 is 23.8 Å². The van der Waals surface area contributed by atoms with E-state index in [0.29, 0.717) is 22.5 Å². The quantitative estimate of drug-likeness (QED) is 0.752. The minimum absolute atomic E-state index is 0.262. The number of aliphatic carboxylic acids is 1. The first-order chi connectivity index (χ1) is 12.5. The molecule has 2 atom stereocenters. The SMILES string of the molecule is Cc1c(C)c2ccc(OC(C)C(=O)NC(C(=O)O)C(C)C)c(C)c2oc1=O. The monoisotopic (exact) mass is 375 g/mol. The fourth-order valence-corrected chi connectivity index (χ4v) is 2.78. The number of carbonyl (C=O) groups excluding carboxylic acids is 1. The molecule has 146 valence electrons. The third-order valence-electron chi connectivity index (χ3n) is 4.73. The molecule has 2 aromatic rings. The van der Waals surface area contributed by atoms with E-state index in [1.54, 1.807) is 39.8 Å². The number of rotatable bonds is 6. The van der Waals surface area contributed by atoms with E-state index < -0.39 is 29.6 Å². The molecule has 2 rings (SSSR count). The van der Waals surface area contributed by atoms with E-state index in [9.17, 15) is 19.5 Å². The molecule has 2 N–H and O–H groups in total. The second-order valence-corrected chi connectivity index (χ2v) is 7.03. The lowest BCUT2D eigenvalue weighted by Crippen LogP contribution is -2.48. The highest BCUT2D eigenvalue weighted by molar-refractivity contribution is 5.87. The molecule has 0 fully saturated rings. The standard InChI is InChI=1S/C20H25NO6/c1-9(2)16(19(23)24)21-18(22)13(6)26-15-8-7-14-10(3)11(4)20(25)27-17(14)12(15)5/h7-9,13,16H,1-6H3,(H,21,22)(H,23,24). The first-order valence-electron chi connectivity index (χ1n) is 8.78. The van der Waals surface area contributed by atoms with E-state index in [1.165, 1.54) is 6.92 Å². The number of ether oxygens (including phenoxy) is 1. The van der Waals surface area contributed by atoms with Crippen LogP contribution >= 0.6 is 0 Å². The molecular formula is C20H25NO6. The van der Waals surface area contributed by atoms with Gasteiger partial charge in [-0.2, -0.15) is 0 Å². The van der Waals surface area contributed by atoms with Crippen LogP contribution in [0.25, 0.3) is 11.0 Å². The smallest absolute Gasteiger partial charge is 0.339 e. The van der Waals surface area contributed by atoms with Gasteiger partial charge in [0.05, 0.1) is 0 Å². The molecule has 7 nitrogen and oxygen atoms in total. The number of hydrogen-bond donors (Lipinski definition) is 2. The van der Waals surface area contributed by atoms with E-state index in [0.717, 1.165) is 10.9 Å². The van der Waals surface area contributed by atoms with Crippen LogP contribution in [-0.2, 0) is 9.59 Å². The second kappa shape index (κ2) is 7.82. The number of benzene rings is 1. The Labute approximate surface area is 157 Å². The van der Waals surface area contributed by atoms with Gasteiger partial charge in [-0.1, -0.05) is 13.8 Å². The molecule has 7 heteroatoms. The molecule has 0 aliphatic carbocycles. The number of carboxylic acid groups (broad SMARTS) is 1. The van der Waals surface area contributed by atoms with Crippen LogP contribution in [0.4, 0.5) is 0 Å². The summed E-state index contributed by atoms with van der Waals surface area (Å²) in [6, 6.07) is 2.50. The van der Waals surface area contributed by atoms with Gasteiger partial charge in [-0.15, -0.1) is 0 Å². The summed E-state index contributed by atoms with van der Waals surface area (Å²) in [5.74, 6) is -1.49. The molecule has 0 aliphatic heterocycles. The van der Waals surface area contributed by atoms with Crippen LogP contribution in [0.2, 0.25) is 0 Å². The zero-order chi connectivity index (χ0) is 20.5. The Hall–Kier alpha value is -2.83. The van der Waals surface area contributed by atoms with Gasteiger partial charge in [0.2, 0.25) is 0 Å². The van der Waals surface area contributed by atoms with Gasteiger partial charge in [0, 0.05) is 16.5 Å². The number of hydrogen-bond acceptors (Lipinski definition) is 5. The van der Waals surface area contributed by atoms with E-state index in [-0.39, 0.29) is 5.92 Å². The molecule has 1 amide bonds. The first-order valence-corrected chi connectivity index (χ1v) is 8.78. The summed E-state index contributed by atoms with van der Waals surface area (Å²) in [6.45, 7) is 10.3. The maximum Gasteiger partial charge on any atom is 0.339 e. The fourth-order valence-electron chi connectivity index (χ4n) is 2.78. The number of carboxylic acids is 1. The maximum atomic E-state index is 12.3. The summed E-state index contributed by atoms with van der Waals surface area (Å²) < 4.78 is 11.1. The molecular weight excluding hydrogens is 350 g/mol. The molecule has 27 heavy (non-hydrogen) atoms. The third-order valence-corrected chi connectivity index (χ3v) is 4.73. The zero-order valence-electron chi connectivity index (χ0n) is 16.4. The molecule has 1 aromatic carbocycles. The largest absolute Gasteiger partial charge is 0.480 e. The molecule has 0 saturated heterocycles. The van der Waals surface area contributed by atoms with Gasteiger partial charge in [0.15, 0.2) is 6.10 Å². The minimum atomic E-state index is -1.10. The Morgan fingerprint density at radius 3 is 2.26 bits per heavy atom. The van der Waals surface area contributed by atoms with E-state index in [4.69, 9.17) is 9.15 Å². The van der Waals surface area contributed by atoms with E-state index in [1.807, 2.05) is 6.92 Å². The molecule has 2 unspecified atom stereocenters. The third kappa shape index (κ3) is 4.13. The molecule has 1 heterocycles. The molecule has 0 saturated carbocycles. The van der Waals surface area contributed by atoms with Crippen LogP contribution < -0.4 is 15.7 Å². The lowest BCUT2D eigenvalue weighted by Gasteiger charge is -2.22. The number of aryl methyl sites for hydroxylation is 2. The Bertz CT molecular complexity index is 944. The molecule has 0 aliphatic rings. The molecule has 0 spiro atoms. The predicted molar refractivity (Wildman–Crippen MR) is 101 cm³/mol. The van der Waals surface area contributed by atoms with Crippen molar-refractivity contribution in [3.05, 3.63) is 39.2 Å². The van der Waals surface area contributed by atoms with Crippen LogP contribution in [0.3, 0.4) is 0 Å². The van der Waals surface area contributed by atoms with Crippen molar-refractivity contribution in [3.8, 4) is 5.75 Å². The molecule has 1 aromatic heterocycles. The average molecular weight is 375 g/mol. The summed E-state index contributed by atoms with van der Waals surface area (Å²) in [5.41, 5.74) is 2.00. The summed E-state index contributed by atoms with van der Waals surface area (Å²) in [7, 11) is 0. The normalized spacial score (nSPS) is 13.4. The summed E-state index contributed by atoms with van der Waals surface area (Å²) in [6.07, 6.45) is -0.917. The molecule has 0 bridgehead atoms. The average Bonchev–Trinajstić information content (AvgIpc) is 2.59. The fraction of sp³-hybridized carbons (Fsp3) is 0.450. The lowest BCUT2D eigenvalue weighted by molar-refractivity contribution is -0.144. The Kier molecular flexibility index (Phi) is 5.93. The number of carbonyl (C=O) groups is 2. The van der Waals surface area contributed by atoms with Gasteiger partial charge in [-0.25, -0.2) is 9.59 Å². The van der Waals surface area contributed by atoms with Crippen LogP contribution in [0.5, 0.6) is 5.75 Å². The summed E-state index contributed by atoms with van der Waals surface area (Å²) in [4.78, 5) is 35.5. The Morgan fingerprint density at radius 2 is 1.70 bits per heavy atom. The van der Waals surface area contributed by atoms with E-state index >= 15 is 0 Å². The predicted octanol–water partition coefficient (Wildman–Crippen LogP) is 2.71. The van der Waals surface area contributed by atoms with Gasteiger partial charge < -0.3 is 19.6 Å². The lowest BCUT2D eigenvalue weighted by atomic mass is 10.0. The van der Waals surface area contributed by atoms with Gasteiger partial charge in [0.1, 0.15) is 17.4 Å². The van der Waals surface area contributed by atoms with Crippen molar-refractivity contribution in [2.45, 2.75) is 53.7 Å². The Morgan fingerprint density at radius 1 is 1.07 bits per heavy atom. The molecule has 0 radical (unpaired) electrons. The summed E-state index contributed by atoms with van der Waals surface area (Å²) >= 11 is 0. The first kappa shape index (κ1) is 20.5. The van der Waals surface area contributed by atoms with Crippen molar-refractivity contribution in [2.24, 2.45) is 5.92 Å². The van der Waals surface area contributed by atoms with Crippen LogP contribution in [0, 0.1) is 26.7 Å². The van der Waals surface area contributed by atoms with Crippen molar-refractivity contribution >= 4 is 22.8 Å². The number of fused-ring (bicyclic) bond motifs is 1. The van der Waals surface area contributed by atoms with Crippen molar-refractivity contribution in [1.82, 2.24) is 5.32 Å². The summed E-state index contributed by atoms with van der Waals surface area (Å²) in [5, 5.41) is 12.5.